The van der Waals surface area contributed by atoms with Crippen LogP contribution in [0.15, 0.2) is 76.3 Å². The van der Waals surface area contributed by atoms with Gasteiger partial charge in [0.2, 0.25) is 17.8 Å². The number of aryl methyl sites for hydroxylation is 1. The van der Waals surface area contributed by atoms with Crippen LogP contribution >= 0.6 is 58.7 Å². The largest absolute Gasteiger partial charge is 0.423 e. The monoisotopic (exact) mass is 1310 g/mol. The number of benzene rings is 2. The molecule has 2 aromatic heterocycles. The van der Waals surface area contributed by atoms with Gasteiger partial charge in [-0.05, 0) is 101 Å². The summed E-state index contributed by atoms with van der Waals surface area (Å²) in [6.45, 7) is 32.4. The second-order valence-corrected chi connectivity index (χ2v) is 24.0. The average molecular weight is 1320 g/mol. The van der Waals surface area contributed by atoms with Crippen molar-refractivity contribution in [2.75, 3.05) is 81.4 Å². The molecule has 7 rings (SSSR count). The lowest BCUT2D eigenvalue weighted by Gasteiger charge is -2.36. The number of nitrogens with one attached hydrogen (secondary N) is 5. The summed E-state index contributed by atoms with van der Waals surface area (Å²) >= 11 is 10.2. The predicted octanol–water partition coefficient (Wildman–Crippen LogP) is 9.15. The molecule has 0 radical (unpaired) electrons. The number of hydrogen-bond acceptors (Lipinski definition) is 19. The third kappa shape index (κ3) is 36.2. The molecule has 0 unspecified atom stereocenters. The Bertz CT molecular complexity index is 2610. The molecule has 2 aromatic carbocycles. The Hall–Kier alpha value is -4.79. The van der Waals surface area contributed by atoms with Gasteiger partial charge in [-0.25, -0.2) is 23.4 Å². The van der Waals surface area contributed by atoms with Crippen LogP contribution in [0.2, 0.25) is 0 Å². The molecule has 0 bridgehead atoms. The maximum Gasteiger partial charge on any atom is 0.298 e. The first-order chi connectivity index (χ1) is 39.0. The fourth-order valence-electron chi connectivity index (χ4n) is 7.08. The Labute approximate surface area is 532 Å². The second-order valence-electron chi connectivity index (χ2n) is 20.7. The van der Waals surface area contributed by atoms with Crippen molar-refractivity contribution in [2.24, 2.45) is 35.1 Å². The molecule has 0 spiro atoms. The highest BCUT2D eigenvalue weighted by Gasteiger charge is 2.35. The Kier molecular flexibility index (Phi) is 46.1. The van der Waals surface area contributed by atoms with Crippen molar-refractivity contribution in [3.63, 3.8) is 0 Å². The van der Waals surface area contributed by atoms with E-state index in [4.69, 9.17) is 49.8 Å². The number of Topliss-reactive ketones (excluding diaryl/α,β-unsaturated/α-hetero) is 2. The number of halogens is 5. The molecule has 2 amide bonds. The predicted molar refractivity (Wildman–Crippen MR) is 351 cm³/mol. The third-order valence-corrected chi connectivity index (χ3v) is 13.7. The summed E-state index contributed by atoms with van der Waals surface area (Å²) in [6, 6.07) is 13.9. The van der Waals surface area contributed by atoms with Gasteiger partial charge in [0, 0.05) is 104 Å². The van der Waals surface area contributed by atoms with Gasteiger partial charge in [0.05, 0.1) is 34.1 Å². The molecule has 484 valence electrons. The summed E-state index contributed by atoms with van der Waals surface area (Å²) in [5.41, 5.74) is 12.8. The van der Waals surface area contributed by atoms with E-state index in [1.165, 1.54) is 20.0 Å². The molecule has 85 heavy (non-hydrogen) atoms. The number of nitrogens with two attached hydrogens (primary N) is 2. The van der Waals surface area contributed by atoms with E-state index in [9.17, 15) is 37.7 Å². The number of non-ortho nitro benzene ring substituents is 1. The number of piperazine rings is 2. The van der Waals surface area contributed by atoms with Crippen molar-refractivity contribution in [3.05, 3.63) is 82.8 Å². The molecule has 3 saturated heterocycles. The third-order valence-electron chi connectivity index (χ3n) is 11.8. The van der Waals surface area contributed by atoms with Gasteiger partial charge in [-0.2, -0.15) is 0 Å². The molecule has 0 saturated carbocycles. The van der Waals surface area contributed by atoms with Crippen LogP contribution < -0.4 is 43.0 Å². The molecule has 3 aliphatic heterocycles. The van der Waals surface area contributed by atoms with E-state index in [-0.39, 0.29) is 94.8 Å². The van der Waals surface area contributed by atoms with E-state index in [0.29, 0.717) is 55.1 Å². The molecular weight excluding hydrogens is 1220 g/mol. The number of rotatable bonds is 17. The van der Waals surface area contributed by atoms with Gasteiger partial charge in [0.1, 0.15) is 17.6 Å². The molecule has 28 heteroatoms. The standard InChI is InChI=1S/C21H24N6O2.C9H19NO.C7H14N2O.C6H4ClNO4S.C6H13NO.C3H7Cl.C3H7N.C2H6ClN.2ClH/c1-13(2)18-19(28)22-9-10-27(18)21-24-12-17(29-21)15-5-4-6-16(11-15)26-20-23-8-7-14(3)25-20;1-5-6-10-9(7(2)3)8(4)11;1-5(2)6-7(10)9-4-3-8-6;7-13(11,12)6-3-1-5(2-4-6)8(9)10;1-4(2)6(7)5(3)8;1-2-3-4;1-4-2-3-4;3-1-2-4;;/h4-8,11-13,18H,9-10H2,1-3H3,(H,22,28)(H,23,25,26);7,9-10H,5-6H2,1-4H3;5-6,8H,3-4H2,1-2H3,(H,9,10);1-4H;4,6H,7H2,1-3H3;2*2-3H2,1H3;1-2,4H2;2*1H/t18-;9-;6-;;6-;;;;;/m111.1...../s1. The summed E-state index contributed by atoms with van der Waals surface area (Å²) in [5, 5.41) is 25.5. The van der Waals surface area contributed by atoms with Crippen LogP contribution in [0.1, 0.15) is 102 Å². The fourth-order valence-corrected chi connectivity index (χ4v) is 7.85. The van der Waals surface area contributed by atoms with Gasteiger partial charge in [-0.15, -0.1) is 48.0 Å². The van der Waals surface area contributed by atoms with Gasteiger partial charge in [0.25, 0.3) is 20.8 Å². The van der Waals surface area contributed by atoms with Crippen molar-refractivity contribution in [2.45, 2.75) is 132 Å². The van der Waals surface area contributed by atoms with Crippen LogP contribution in [-0.4, -0.2) is 152 Å². The Morgan fingerprint density at radius 2 is 1.42 bits per heavy atom. The Morgan fingerprint density at radius 1 is 0.847 bits per heavy atom. The van der Waals surface area contributed by atoms with Gasteiger partial charge < -0.3 is 52.3 Å². The highest BCUT2D eigenvalue weighted by Crippen LogP contribution is 2.30. The highest BCUT2D eigenvalue weighted by atomic mass is 35.7. The topological polar surface area (TPSA) is 316 Å². The number of oxazole rings is 1. The summed E-state index contributed by atoms with van der Waals surface area (Å²) in [4.78, 5) is 71.5. The average Bonchev–Trinajstić information content (AvgIpc) is 4.20. The number of likely N-dealkylation sites (N-methyl/N-ethyl adjacent to an activating group) is 1. The van der Waals surface area contributed by atoms with Crippen LogP contribution in [0.4, 0.5) is 23.3 Å². The maximum absolute atomic E-state index is 12.3. The zero-order valence-corrected chi connectivity index (χ0v) is 56.5. The van der Waals surface area contributed by atoms with Crippen LogP contribution in [0.3, 0.4) is 0 Å². The molecule has 0 aliphatic carbocycles. The number of nitro benzene ring substituents is 1. The van der Waals surface area contributed by atoms with Gasteiger partial charge >= 0.3 is 0 Å². The first-order valence-corrected chi connectivity index (χ1v) is 31.3. The minimum atomic E-state index is -3.80. The van der Waals surface area contributed by atoms with E-state index in [1.54, 1.807) is 19.3 Å². The number of anilines is 3. The number of aromatic nitrogens is 3. The van der Waals surface area contributed by atoms with Crippen molar-refractivity contribution in [3.8, 4) is 11.3 Å². The zero-order valence-electron chi connectivity index (χ0n) is 51.8. The number of alkyl halides is 2. The number of ketones is 2. The van der Waals surface area contributed by atoms with E-state index in [0.717, 1.165) is 79.6 Å². The molecule has 4 atom stereocenters. The van der Waals surface area contributed by atoms with Crippen LogP contribution in [0.25, 0.3) is 11.3 Å². The fraction of sp³-hybridized carbons (Fsp3) is 0.596. The summed E-state index contributed by atoms with van der Waals surface area (Å²) in [5.74, 6) is 4.21. The number of nitro groups is 1. The SMILES string of the molecule is CC(=O)[C@H](N)C(C)C.CC(C)[C@H]1NCCNC1=O.CCCCl.CCCN[C@@H](C(C)=O)C(C)C.CN1CC1.Cc1ccnc(Nc2cccc(-c3cnc(N4CCNC(=O)[C@H]4C(C)C)o3)c2)n1.Cl.Cl.NCCCl.O=[N+]([O-])c1ccc(S(=O)(=O)Cl)cc1. The molecule has 9 N–H and O–H groups in total. The van der Waals surface area contributed by atoms with E-state index in [2.05, 4.69) is 74.3 Å². The lowest BCUT2D eigenvalue weighted by Crippen LogP contribution is -2.57. The number of amides is 2. The number of hydrogen-bond donors (Lipinski definition) is 7. The van der Waals surface area contributed by atoms with Crippen LogP contribution in [0, 0.1) is 40.7 Å². The first kappa shape index (κ1) is 84.4. The molecular formula is C57H96Cl5N13O9S. The molecule has 4 aromatic rings. The number of carbonyl (C=O) groups is 4. The zero-order chi connectivity index (χ0) is 63.4. The normalized spacial score (nSPS) is 15.6. The molecule has 22 nitrogen and oxygen atoms in total. The lowest BCUT2D eigenvalue weighted by atomic mass is 10.0. The summed E-state index contributed by atoms with van der Waals surface area (Å²) < 4.78 is 27.5. The Morgan fingerprint density at radius 3 is 1.82 bits per heavy atom. The molecule has 5 heterocycles. The van der Waals surface area contributed by atoms with E-state index in [1.807, 2.05) is 90.6 Å². The van der Waals surface area contributed by atoms with Crippen molar-refractivity contribution in [1.82, 2.24) is 41.1 Å². The van der Waals surface area contributed by atoms with E-state index < -0.39 is 14.0 Å². The van der Waals surface area contributed by atoms with Crippen molar-refractivity contribution >= 4 is 114 Å². The van der Waals surface area contributed by atoms with Gasteiger partial charge in [-0.3, -0.25) is 29.3 Å². The van der Waals surface area contributed by atoms with Crippen molar-refractivity contribution < 1.29 is 36.9 Å². The van der Waals surface area contributed by atoms with Gasteiger partial charge in [-0.1, -0.05) is 81.4 Å². The quantitative estimate of drug-likeness (QED) is 0.0170. The van der Waals surface area contributed by atoms with Gasteiger partial charge in [0.15, 0.2) is 5.76 Å². The van der Waals surface area contributed by atoms with E-state index >= 15 is 0 Å². The van der Waals surface area contributed by atoms with Crippen LogP contribution in [0.5, 0.6) is 0 Å². The minimum Gasteiger partial charge on any atom is -0.423 e. The first-order valence-electron chi connectivity index (χ1n) is 27.9. The molecule has 3 aliphatic rings. The Balaban J connectivity index is -0.00000101. The number of nitrogens with zero attached hydrogens (tertiary/aromatic N) is 6. The van der Waals surface area contributed by atoms with Crippen LogP contribution in [-0.2, 0) is 28.2 Å². The summed E-state index contributed by atoms with van der Waals surface area (Å²) in [6.07, 6.45) is 5.58. The number of carbonyl (C=O) groups excluding carboxylic acids is 4. The highest BCUT2D eigenvalue weighted by molar-refractivity contribution is 8.13. The molecule has 3 fully saturated rings. The maximum atomic E-state index is 12.3. The lowest BCUT2D eigenvalue weighted by molar-refractivity contribution is -0.384. The minimum absolute atomic E-state index is 0. The smallest absolute Gasteiger partial charge is 0.298 e. The second kappa shape index (κ2) is 46.4. The summed E-state index contributed by atoms with van der Waals surface area (Å²) in [7, 11) is 3.31. The van der Waals surface area contributed by atoms with Crippen molar-refractivity contribution in [1.29, 1.82) is 0 Å².